The lowest BCUT2D eigenvalue weighted by Crippen LogP contribution is -2.47. The van der Waals surface area contributed by atoms with Gasteiger partial charge in [-0.2, -0.15) is 5.10 Å². The zero-order valence-corrected chi connectivity index (χ0v) is 26.1. The van der Waals surface area contributed by atoms with Gasteiger partial charge in [0.15, 0.2) is 0 Å². The van der Waals surface area contributed by atoms with E-state index in [1.54, 1.807) is 19.1 Å². The van der Waals surface area contributed by atoms with Gasteiger partial charge in [0.25, 0.3) is 5.91 Å². The highest BCUT2D eigenvalue weighted by Crippen LogP contribution is 2.32. The molecule has 0 unspecified atom stereocenters. The number of nitrogens with zero attached hydrogens (tertiary/aromatic N) is 1. The van der Waals surface area contributed by atoms with E-state index in [0.29, 0.717) is 42.8 Å². The Morgan fingerprint density at radius 2 is 1.71 bits per heavy atom. The standard InChI is InChI=1S/C34H50N4O3/c1-9-28(30(38-35-8)36-29(24-33(6,7)10-2)25-18-16-14-15-17-19-25)31(39)37-34(11-3,12-4)27-22-20-26(21-23-27)32(40)41-13-5/h14-16,18-23,29,36,38H,8-13,17,24H2,1-7H3,(H,37,39)/b30-28+/t29-/m1/s1. The summed E-state index contributed by atoms with van der Waals surface area (Å²) in [5.41, 5.74) is 5.65. The quantitative estimate of drug-likeness (QED) is 0.0869. The maximum absolute atomic E-state index is 14.0. The van der Waals surface area contributed by atoms with Crippen molar-refractivity contribution < 1.29 is 14.3 Å². The first-order valence-electron chi connectivity index (χ1n) is 14.9. The molecule has 0 bridgehead atoms. The number of esters is 1. The van der Waals surface area contributed by atoms with Crippen LogP contribution in [0.1, 0.15) is 103 Å². The Balaban J connectivity index is 2.47. The Labute approximate surface area is 247 Å². The SMILES string of the molecule is C=NN/C(N[C@H](CC(C)(C)CC)C1=CCC=CC=C1)=C(\CC)C(=O)NC(CC)(CC)c1ccc(C(=O)OCC)cc1. The average Bonchev–Trinajstić information content (AvgIpc) is 3.26. The van der Waals surface area contributed by atoms with Gasteiger partial charge in [0.2, 0.25) is 0 Å². The molecule has 0 radical (unpaired) electrons. The minimum absolute atomic E-state index is 0.0303. The van der Waals surface area contributed by atoms with Crippen LogP contribution in [0.4, 0.5) is 0 Å². The fourth-order valence-electron chi connectivity index (χ4n) is 5.03. The molecule has 7 heteroatoms. The molecule has 0 fully saturated rings. The van der Waals surface area contributed by atoms with Gasteiger partial charge >= 0.3 is 5.97 Å². The second kappa shape index (κ2) is 16.0. The van der Waals surface area contributed by atoms with Crippen LogP contribution in [0.5, 0.6) is 0 Å². The second-order valence-electron chi connectivity index (χ2n) is 11.2. The smallest absolute Gasteiger partial charge is 0.338 e. The summed E-state index contributed by atoms with van der Waals surface area (Å²) in [6, 6.07) is 7.29. The van der Waals surface area contributed by atoms with E-state index >= 15 is 0 Å². The van der Waals surface area contributed by atoms with Crippen molar-refractivity contribution in [1.82, 2.24) is 16.1 Å². The van der Waals surface area contributed by atoms with Crippen LogP contribution in [0, 0.1) is 5.41 Å². The van der Waals surface area contributed by atoms with Gasteiger partial charge < -0.3 is 15.4 Å². The summed E-state index contributed by atoms with van der Waals surface area (Å²) in [5.74, 6) is 0.0267. The summed E-state index contributed by atoms with van der Waals surface area (Å²) in [6.07, 6.45) is 15.2. The van der Waals surface area contributed by atoms with Crippen LogP contribution in [0.2, 0.25) is 0 Å². The van der Waals surface area contributed by atoms with Gasteiger partial charge in [-0.05, 0) is 67.7 Å². The molecular weight excluding hydrogens is 512 g/mol. The highest BCUT2D eigenvalue weighted by atomic mass is 16.5. The predicted octanol–water partition coefficient (Wildman–Crippen LogP) is 7.05. The molecule has 41 heavy (non-hydrogen) atoms. The molecule has 0 heterocycles. The van der Waals surface area contributed by atoms with Gasteiger partial charge in [-0.3, -0.25) is 10.2 Å². The highest BCUT2D eigenvalue weighted by Gasteiger charge is 2.33. The van der Waals surface area contributed by atoms with Crippen molar-refractivity contribution in [1.29, 1.82) is 0 Å². The van der Waals surface area contributed by atoms with E-state index in [4.69, 9.17) is 4.74 Å². The Kier molecular flexibility index (Phi) is 13.1. The van der Waals surface area contributed by atoms with E-state index in [0.717, 1.165) is 24.8 Å². The van der Waals surface area contributed by atoms with E-state index in [1.807, 2.05) is 19.1 Å². The Morgan fingerprint density at radius 3 is 2.27 bits per heavy atom. The minimum Gasteiger partial charge on any atom is -0.462 e. The van der Waals surface area contributed by atoms with E-state index < -0.39 is 5.54 Å². The van der Waals surface area contributed by atoms with Crippen molar-refractivity contribution in [2.75, 3.05) is 6.61 Å². The molecule has 224 valence electrons. The normalized spacial score (nSPS) is 14.8. The summed E-state index contributed by atoms with van der Waals surface area (Å²) >= 11 is 0. The number of ether oxygens (including phenoxy) is 1. The molecule has 0 saturated heterocycles. The number of rotatable bonds is 16. The zero-order valence-electron chi connectivity index (χ0n) is 26.1. The van der Waals surface area contributed by atoms with Crippen LogP contribution in [-0.4, -0.2) is 31.2 Å². The summed E-state index contributed by atoms with van der Waals surface area (Å²) < 4.78 is 5.13. The molecule has 3 N–H and O–H groups in total. The number of allylic oxidation sites excluding steroid dienone is 4. The Morgan fingerprint density at radius 1 is 1.02 bits per heavy atom. The van der Waals surface area contributed by atoms with Crippen LogP contribution in [0.25, 0.3) is 0 Å². The Hall–Kier alpha value is -3.61. The summed E-state index contributed by atoms with van der Waals surface area (Å²) in [6.45, 7) is 18.6. The fourth-order valence-corrected chi connectivity index (χ4v) is 5.03. The van der Waals surface area contributed by atoms with E-state index in [9.17, 15) is 9.59 Å². The van der Waals surface area contributed by atoms with Crippen LogP contribution in [-0.2, 0) is 15.1 Å². The molecule has 0 aromatic heterocycles. The monoisotopic (exact) mass is 562 g/mol. The van der Waals surface area contributed by atoms with Gasteiger partial charge in [0, 0.05) is 6.72 Å². The fraction of sp³-hybridized carbons (Fsp3) is 0.500. The first kappa shape index (κ1) is 33.6. The summed E-state index contributed by atoms with van der Waals surface area (Å²) in [5, 5.41) is 10.9. The van der Waals surface area contributed by atoms with Gasteiger partial charge in [0.1, 0.15) is 5.82 Å². The third-order valence-corrected chi connectivity index (χ3v) is 8.09. The lowest BCUT2D eigenvalue weighted by molar-refractivity contribution is -0.119. The zero-order chi connectivity index (χ0) is 30.5. The number of nitrogens with one attached hydrogen (secondary N) is 3. The third kappa shape index (κ3) is 9.20. The number of hydrogen-bond acceptors (Lipinski definition) is 6. The number of hydrogen-bond donors (Lipinski definition) is 3. The lowest BCUT2D eigenvalue weighted by Gasteiger charge is -2.35. The van der Waals surface area contributed by atoms with Crippen molar-refractivity contribution in [2.24, 2.45) is 10.5 Å². The van der Waals surface area contributed by atoms with Gasteiger partial charge in [-0.1, -0.05) is 90.5 Å². The molecule has 2 rings (SSSR count). The largest absolute Gasteiger partial charge is 0.462 e. The number of amides is 1. The van der Waals surface area contributed by atoms with Gasteiger partial charge in [-0.25, -0.2) is 4.79 Å². The maximum atomic E-state index is 14.0. The molecule has 1 aromatic rings. The summed E-state index contributed by atoms with van der Waals surface area (Å²) in [7, 11) is 0. The van der Waals surface area contributed by atoms with Crippen molar-refractivity contribution in [3.8, 4) is 0 Å². The van der Waals surface area contributed by atoms with Crippen molar-refractivity contribution in [3.63, 3.8) is 0 Å². The predicted molar refractivity (Wildman–Crippen MR) is 169 cm³/mol. The lowest BCUT2D eigenvalue weighted by atomic mass is 9.81. The minimum atomic E-state index is -0.612. The maximum Gasteiger partial charge on any atom is 0.338 e. The van der Waals surface area contributed by atoms with Crippen molar-refractivity contribution in [2.45, 2.75) is 98.6 Å². The average molecular weight is 563 g/mol. The molecule has 1 aromatic carbocycles. The highest BCUT2D eigenvalue weighted by molar-refractivity contribution is 5.94. The molecule has 0 saturated carbocycles. The molecule has 0 spiro atoms. The topological polar surface area (TPSA) is 91.8 Å². The van der Waals surface area contributed by atoms with Crippen LogP contribution in [0.3, 0.4) is 0 Å². The second-order valence-corrected chi connectivity index (χ2v) is 11.2. The molecule has 1 atom stereocenters. The van der Waals surface area contributed by atoms with E-state index in [-0.39, 0.29) is 23.3 Å². The van der Waals surface area contributed by atoms with Crippen molar-refractivity contribution in [3.05, 3.63) is 82.7 Å². The van der Waals surface area contributed by atoms with E-state index in [2.05, 4.69) is 92.9 Å². The number of hydrazone groups is 1. The number of carbonyl (C=O) groups excluding carboxylic acids is 2. The number of benzene rings is 1. The van der Waals surface area contributed by atoms with Gasteiger partial charge in [0.05, 0.1) is 29.3 Å². The van der Waals surface area contributed by atoms with E-state index in [1.165, 1.54) is 5.57 Å². The van der Waals surface area contributed by atoms with Gasteiger partial charge in [-0.15, -0.1) is 0 Å². The van der Waals surface area contributed by atoms with Crippen LogP contribution in [0.15, 0.2) is 76.7 Å². The third-order valence-electron chi connectivity index (χ3n) is 8.09. The Bertz CT molecular complexity index is 1150. The molecule has 0 aliphatic heterocycles. The van der Waals surface area contributed by atoms with Crippen LogP contribution < -0.4 is 16.1 Å². The molecule has 1 aliphatic carbocycles. The van der Waals surface area contributed by atoms with Crippen LogP contribution >= 0.6 is 0 Å². The molecule has 1 amide bonds. The molecule has 1 aliphatic rings. The summed E-state index contributed by atoms with van der Waals surface area (Å²) in [4.78, 5) is 26.2. The molecular formula is C34H50N4O3. The first-order valence-corrected chi connectivity index (χ1v) is 14.9. The molecule has 7 nitrogen and oxygen atoms in total. The first-order chi connectivity index (χ1) is 19.6. The van der Waals surface area contributed by atoms with Crippen molar-refractivity contribution >= 4 is 18.6 Å². The number of carbonyl (C=O) groups is 2.